The van der Waals surface area contributed by atoms with Crippen LogP contribution in [0, 0.1) is 0 Å². The van der Waals surface area contributed by atoms with Crippen molar-refractivity contribution in [3.63, 3.8) is 0 Å². The van der Waals surface area contributed by atoms with Crippen molar-refractivity contribution in [1.29, 1.82) is 0 Å². The van der Waals surface area contributed by atoms with E-state index in [0.717, 1.165) is 110 Å². The number of rotatable bonds is 6. The van der Waals surface area contributed by atoms with Gasteiger partial charge < -0.3 is 13.6 Å². The molecule has 0 saturated heterocycles. The molecule has 0 spiro atoms. The Morgan fingerprint density at radius 1 is 0.310 bits per heavy atom. The van der Waals surface area contributed by atoms with Crippen molar-refractivity contribution < 1.29 is 4.42 Å². The van der Waals surface area contributed by atoms with Gasteiger partial charge in [-0.05, 0) is 94.0 Å². The Bertz CT molecular complexity index is 4640. The maximum Gasteiger partial charge on any atom is 0.166 e. The van der Waals surface area contributed by atoms with Crippen molar-refractivity contribution >= 4 is 87.1 Å². The van der Waals surface area contributed by atoms with Gasteiger partial charge in [0.25, 0.3) is 0 Å². The zero-order valence-electron chi connectivity index (χ0n) is 38.2. The van der Waals surface area contributed by atoms with Crippen molar-refractivity contribution in [3.05, 3.63) is 237 Å². The molecule has 11 aromatic carbocycles. The van der Waals surface area contributed by atoms with Gasteiger partial charge in [-0.1, -0.05) is 170 Å². The standard InChI is InChI=1S/C65H39N5O/c1-3-17-40(18-4-1)42-22-15-23-45(35-42)63-66-64(51-29-16-32-57-61(51)50-28-12-14-31-56(50)69(57)46-24-5-2-6-25-46)68-65(67-63)54-39-60-53(49-34-33-41-19-9-10-26-47(41)62(49)71-60)38-59(54)70-55-30-13-11-27-48(55)52-36-43-20-7-8-21-44(43)37-58(52)70/h1-39H. The van der Waals surface area contributed by atoms with Crippen molar-refractivity contribution in [3.8, 4) is 56.7 Å². The molecule has 0 fully saturated rings. The molecule has 0 unspecified atom stereocenters. The Morgan fingerprint density at radius 3 is 1.73 bits per heavy atom. The Morgan fingerprint density at radius 2 is 0.915 bits per heavy atom. The average Bonchev–Trinajstić information content (AvgIpc) is 4.10. The maximum absolute atomic E-state index is 6.99. The molecule has 6 nitrogen and oxygen atoms in total. The molecule has 0 aliphatic carbocycles. The number of fused-ring (bicyclic) bond motifs is 12. The summed E-state index contributed by atoms with van der Waals surface area (Å²) in [6.07, 6.45) is 0. The van der Waals surface area contributed by atoms with Crippen molar-refractivity contribution in [1.82, 2.24) is 24.1 Å². The largest absolute Gasteiger partial charge is 0.455 e. The normalized spacial score (nSPS) is 11.9. The Kier molecular flexibility index (Phi) is 8.56. The molecular formula is C65H39N5O. The van der Waals surface area contributed by atoms with E-state index in [2.05, 4.69) is 240 Å². The topological polar surface area (TPSA) is 61.7 Å². The summed E-state index contributed by atoms with van der Waals surface area (Å²) in [6.45, 7) is 0. The predicted molar refractivity (Wildman–Crippen MR) is 293 cm³/mol. The van der Waals surface area contributed by atoms with Crippen LogP contribution in [-0.2, 0) is 0 Å². The Labute approximate surface area is 407 Å². The zero-order valence-corrected chi connectivity index (χ0v) is 38.2. The predicted octanol–water partition coefficient (Wildman–Crippen LogP) is 16.9. The first-order chi connectivity index (χ1) is 35.2. The number of benzene rings is 11. The highest BCUT2D eigenvalue weighted by atomic mass is 16.3. The fourth-order valence-corrected chi connectivity index (χ4v) is 11.1. The maximum atomic E-state index is 6.99. The number of para-hydroxylation sites is 3. The molecule has 0 saturated carbocycles. The molecule has 0 aliphatic heterocycles. The molecule has 15 aromatic rings. The van der Waals surface area contributed by atoms with Crippen LogP contribution in [0.2, 0.25) is 0 Å². The molecule has 71 heavy (non-hydrogen) atoms. The molecule has 0 bridgehead atoms. The van der Waals surface area contributed by atoms with Gasteiger partial charge >= 0.3 is 0 Å². The molecule has 0 aliphatic rings. The van der Waals surface area contributed by atoms with Crippen LogP contribution in [0.4, 0.5) is 0 Å². The SMILES string of the molecule is c1ccc(-c2cccc(-c3nc(-c4cc5oc6c7ccccc7ccc6c5cc4-n4c5ccccc5c5cc6ccccc6cc54)nc(-c4cccc5c4c4ccccc4n5-c4ccccc4)n3)c2)cc1. The summed E-state index contributed by atoms with van der Waals surface area (Å²) in [6, 6.07) is 83.9. The third-order valence-corrected chi connectivity index (χ3v) is 14.3. The number of furan rings is 1. The molecule has 6 heteroatoms. The second-order valence-corrected chi connectivity index (χ2v) is 18.3. The van der Waals surface area contributed by atoms with Gasteiger partial charge in [-0.2, -0.15) is 0 Å². The molecule has 0 amide bonds. The second kappa shape index (κ2) is 15.4. The lowest BCUT2D eigenvalue weighted by Crippen LogP contribution is -2.04. The summed E-state index contributed by atoms with van der Waals surface area (Å²) < 4.78 is 11.7. The first-order valence-electron chi connectivity index (χ1n) is 24.0. The fraction of sp³-hybridized carbons (Fsp3) is 0. The lowest BCUT2D eigenvalue weighted by Gasteiger charge is -2.16. The minimum atomic E-state index is 0.535. The molecular weight excluding hydrogens is 867 g/mol. The summed E-state index contributed by atoms with van der Waals surface area (Å²) in [5.41, 5.74) is 12.8. The molecule has 4 heterocycles. The zero-order chi connectivity index (χ0) is 46.6. The minimum absolute atomic E-state index is 0.535. The van der Waals surface area contributed by atoms with Gasteiger partial charge in [-0.3, -0.25) is 0 Å². The Hall–Kier alpha value is -9.65. The van der Waals surface area contributed by atoms with Gasteiger partial charge in [-0.25, -0.2) is 15.0 Å². The van der Waals surface area contributed by atoms with Gasteiger partial charge in [0.15, 0.2) is 17.5 Å². The average molecular weight is 906 g/mol. The molecule has 0 atom stereocenters. The van der Waals surface area contributed by atoms with Crippen LogP contribution in [-0.4, -0.2) is 24.1 Å². The monoisotopic (exact) mass is 905 g/mol. The van der Waals surface area contributed by atoms with Crippen LogP contribution < -0.4 is 0 Å². The van der Waals surface area contributed by atoms with Crippen molar-refractivity contribution in [2.45, 2.75) is 0 Å². The van der Waals surface area contributed by atoms with Gasteiger partial charge in [0.1, 0.15) is 11.2 Å². The van der Waals surface area contributed by atoms with Crippen LogP contribution in [0.5, 0.6) is 0 Å². The lowest BCUT2D eigenvalue weighted by atomic mass is 10.0. The third-order valence-electron chi connectivity index (χ3n) is 14.3. The van der Waals surface area contributed by atoms with E-state index in [1.165, 1.54) is 16.2 Å². The van der Waals surface area contributed by atoms with Crippen LogP contribution in [0.15, 0.2) is 241 Å². The van der Waals surface area contributed by atoms with E-state index in [1.807, 2.05) is 6.07 Å². The second-order valence-electron chi connectivity index (χ2n) is 18.3. The molecule has 15 rings (SSSR count). The smallest absolute Gasteiger partial charge is 0.166 e. The summed E-state index contributed by atoms with van der Waals surface area (Å²) in [5, 5.41) is 11.1. The highest BCUT2D eigenvalue weighted by Gasteiger charge is 2.25. The van der Waals surface area contributed by atoms with E-state index >= 15 is 0 Å². The summed E-state index contributed by atoms with van der Waals surface area (Å²) in [5.74, 6) is 1.68. The van der Waals surface area contributed by atoms with Gasteiger partial charge in [0.2, 0.25) is 0 Å². The van der Waals surface area contributed by atoms with Gasteiger partial charge in [0, 0.05) is 60.1 Å². The van der Waals surface area contributed by atoms with Crippen LogP contribution >= 0.6 is 0 Å². The van der Waals surface area contributed by atoms with E-state index < -0.39 is 0 Å². The van der Waals surface area contributed by atoms with Gasteiger partial charge in [-0.15, -0.1) is 0 Å². The highest BCUT2D eigenvalue weighted by Crippen LogP contribution is 2.44. The number of hydrogen-bond donors (Lipinski definition) is 0. The van der Waals surface area contributed by atoms with Crippen molar-refractivity contribution in [2.75, 3.05) is 0 Å². The van der Waals surface area contributed by atoms with E-state index in [4.69, 9.17) is 19.4 Å². The van der Waals surface area contributed by atoms with E-state index in [1.54, 1.807) is 0 Å². The first kappa shape index (κ1) is 39.4. The number of hydrogen-bond acceptors (Lipinski definition) is 4. The molecule has 0 N–H and O–H groups in total. The summed E-state index contributed by atoms with van der Waals surface area (Å²) in [4.78, 5) is 16.6. The van der Waals surface area contributed by atoms with Gasteiger partial charge in [0.05, 0.1) is 27.8 Å². The Balaban J connectivity index is 1.07. The van der Waals surface area contributed by atoms with Crippen LogP contribution in [0.1, 0.15) is 0 Å². The number of aromatic nitrogens is 5. The third kappa shape index (κ3) is 6.11. The van der Waals surface area contributed by atoms with E-state index in [-0.39, 0.29) is 0 Å². The molecule has 0 radical (unpaired) electrons. The molecule has 330 valence electrons. The van der Waals surface area contributed by atoms with E-state index in [9.17, 15) is 0 Å². The first-order valence-corrected chi connectivity index (χ1v) is 24.0. The number of nitrogens with zero attached hydrogens (tertiary/aromatic N) is 5. The minimum Gasteiger partial charge on any atom is -0.455 e. The molecule has 4 aromatic heterocycles. The van der Waals surface area contributed by atoms with E-state index in [0.29, 0.717) is 17.5 Å². The fourth-order valence-electron chi connectivity index (χ4n) is 11.1. The van der Waals surface area contributed by atoms with Crippen LogP contribution in [0.25, 0.3) is 144 Å². The van der Waals surface area contributed by atoms with Crippen molar-refractivity contribution in [2.24, 2.45) is 0 Å². The summed E-state index contributed by atoms with van der Waals surface area (Å²) >= 11 is 0. The lowest BCUT2D eigenvalue weighted by molar-refractivity contribution is 0.672. The quantitative estimate of drug-likeness (QED) is 0.167. The highest BCUT2D eigenvalue weighted by molar-refractivity contribution is 6.18. The van der Waals surface area contributed by atoms with Crippen LogP contribution in [0.3, 0.4) is 0 Å². The summed E-state index contributed by atoms with van der Waals surface area (Å²) in [7, 11) is 0.